The largest absolute Gasteiger partial charge is 0.481 e. The molecule has 0 aliphatic carbocycles. The van der Waals surface area contributed by atoms with Crippen molar-refractivity contribution in [1.82, 2.24) is 0 Å². The summed E-state index contributed by atoms with van der Waals surface area (Å²) >= 11 is 0. The third-order valence-corrected chi connectivity index (χ3v) is 7.87. The highest BCUT2D eigenvalue weighted by Crippen LogP contribution is 2.53. The first-order valence-electron chi connectivity index (χ1n) is 4.40. The van der Waals surface area contributed by atoms with Gasteiger partial charge in [0.25, 0.3) is 0 Å². The number of carbonyl (C=O) groups is 1. The lowest BCUT2D eigenvalue weighted by atomic mass is 10.4. The molecule has 1 rings (SSSR count). The number of benzene rings is 1. The molecule has 0 saturated carbocycles. The highest BCUT2D eigenvalue weighted by molar-refractivity contribution is 8.22. The SMILES string of the molecule is CC(C(=O)O)[PH](=O)[PH](=O)c1ccccc1. The van der Waals surface area contributed by atoms with Crippen LogP contribution in [0, 0.1) is 0 Å². The zero-order chi connectivity index (χ0) is 11.4. The molecule has 0 radical (unpaired) electrons. The number of hydrogen-bond donors (Lipinski definition) is 1. The van der Waals surface area contributed by atoms with E-state index in [2.05, 4.69) is 0 Å². The summed E-state index contributed by atoms with van der Waals surface area (Å²) in [6, 6.07) is 8.37. The van der Waals surface area contributed by atoms with Gasteiger partial charge in [0, 0.05) is 5.30 Å². The summed E-state index contributed by atoms with van der Waals surface area (Å²) < 4.78 is 23.4. The van der Waals surface area contributed by atoms with E-state index in [1.54, 1.807) is 30.3 Å². The molecule has 0 aliphatic heterocycles. The molecule has 0 bridgehead atoms. The Morgan fingerprint density at radius 2 is 1.80 bits per heavy atom. The summed E-state index contributed by atoms with van der Waals surface area (Å²) in [7, 11) is -5.07. The minimum atomic E-state index is -2.60. The molecule has 0 aliphatic rings. The molecule has 4 nitrogen and oxygen atoms in total. The van der Waals surface area contributed by atoms with Gasteiger partial charge < -0.3 is 14.2 Å². The van der Waals surface area contributed by atoms with Crippen LogP contribution in [-0.4, -0.2) is 16.7 Å². The summed E-state index contributed by atoms with van der Waals surface area (Å²) in [6.07, 6.45) is 0. The number of aliphatic carboxylic acids is 1. The van der Waals surface area contributed by atoms with Gasteiger partial charge in [-0.15, -0.1) is 0 Å². The molecule has 0 amide bonds. The highest BCUT2D eigenvalue weighted by atomic mass is 32.1. The van der Waals surface area contributed by atoms with E-state index in [9.17, 15) is 13.9 Å². The number of carboxylic acids is 1. The maximum Gasteiger partial charge on any atom is 0.313 e. The molecule has 3 unspecified atom stereocenters. The minimum absolute atomic E-state index is 0.486. The summed E-state index contributed by atoms with van der Waals surface area (Å²) in [5.41, 5.74) is -1.03. The van der Waals surface area contributed by atoms with Crippen molar-refractivity contribution in [3.05, 3.63) is 30.3 Å². The average Bonchev–Trinajstić information content (AvgIpc) is 2.27. The van der Waals surface area contributed by atoms with E-state index in [0.717, 1.165) is 0 Å². The predicted octanol–water partition coefficient (Wildman–Crippen LogP) is 1.82. The van der Waals surface area contributed by atoms with Gasteiger partial charge in [-0.05, 0) is 6.92 Å². The molecule has 0 fully saturated rings. The van der Waals surface area contributed by atoms with Crippen molar-refractivity contribution in [3.8, 4) is 0 Å². The zero-order valence-electron chi connectivity index (χ0n) is 8.14. The van der Waals surface area contributed by atoms with Crippen LogP contribution in [0.4, 0.5) is 0 Å². The van der Waals surface area contributed by atoms with E-state index in [-0.39, 0.29) is 0 Å². The molecular formula is C9H12O4P2. The molecule has 1 aromatic carbocycles. The Kier molecular flexibility index (Phi) is 4.31. The monoisotopic (exact) mass is 246 g/mol. The lowest BCUT2D eigenvalue weighted by Gasteiger charge is -2.06. The van der Waals surface area contributed by atoms with Crippen molar-refractivity contribution in [3.63, 3.8) is 0 Å². The topological polar surface area (TPSA) is 71.4 Å². The molecule has 0 saturated heterocycles. The van der Waals surface area contributed by atoms with E-state index >= 15 is 0 Å². The Balaban J connectivity index is 2.87. The number of rotatable bonds is 4. The molecule has 1 aromatic rings. The van der Waals surface area contributed by atoms with Crippen LogP contribution in [0.1, 0.15) is 6.92 Å². The van der Waals surface area contributed by atoms with E-state index in [4.69, 9.17) is 5.11 Å². The molecular weight excluding hydrogens is 234 g/mol. The molecule has 6 heteroatoms. The first kappa shape index (κ1) is 12.2. The lowest BCUT2D eigenvalue weighted by molar-refractivity contribution is -0.136. The van der Waals surface area contributed by atoms with E-state index in [1.165, 1.54) is 6.92 Å². The van der Waals surface area contributed by atoms with Crippen LogP contribution < -0.4 is 5.30 Å². The Hall–Kier alpha value is -0.850. The predicted molar refractivity (Wildman–Crippen MR) is 61.2 cm³/mol. The van der Waals surface area contributed by atoms with Crippen LogP contribution in [0.25, 0.3) is 0 Å². The lowest BCUT2D eigenvalue weighted by Crippen LogP contribution is -2.11. The van der Waals surface area contributed by atoms with Crippen molar-refractivity contribution >= 4 is 26.3 Å². The first-order chi connectivity index (χ1) is 7.04. The van der Waals surface area contributed by atoms with Gasteiger partial charge in [-0.25, -0.2) is 0 Å². The Morgan fingerprint density at radius 1 is 1.27 bits per heavy atom. The van der Waals surface area contributed by atoms with Gasteiger partial charge >= 0.3 is 5.97 Å². The summed E-state index contributed by atoms with van der Waals surface area (Å²) in [5, 5.41) is 9.14. The van der Waals surface area contributed by atoms with Gasteiger partial charge in [0.05, 0.1) is 0 Å². The van der Waals surface area contributed by atoms with Crippen LogP contribution in [0.3, 0.4) is 0 Å². The fraction of sp³-hybridized carbons (Fsp3) is 0.222. The van der Waals surface area contributed by atoms with Crippen molar-refractivity contribution in [2.45, 2.75) is 12.6 Å². The van der Waals surface area contributed by atoms with Crippen molar-refractivity contribution in [2.75, 3.05) is 0 Å². The summed E-state index contributed by atoms with van der Waals surface area (Å²) in [6.45, 7) is 1.33. The molecule has 0 heterocycles. The smallest absolute Gasteiger partial charge is 0.313 e. The molecule has 82 valence electrons. The number of hydrogen-bond acceptors (Lipinski definition) is 3. The minimum Gasteiger partial charge on any atom is -0.481 e. The second-order valence-corrected chi connectivity index (χ2v) is 8.79. The average molecular weight is 246 g/mol. The van der Waals surface area contributed by atoms with Gasteiger partial charge in [-0.2, -0.15) is 0 Å². The Labute approximate surface area is 88.8 Å². The maximum atomic E-state index is 11.7. The van der Waals surface area contributed by atoms with Gasteiger partial charge in [-0.3, -0.25) is 4.79 Å². The Bertz CT molecular complexity index is 402. The molecule has 0 spiro atoms. The first-order valence-corrected chi connectivity index (χ1v) is 8.30. The van der Waals surface area contributed by atoms with E-state index in [0.29, 0.717) is 5.30 Å². The van der Waals surface area contributed by atoms with Crippen molar-refractivity contribution < 1.29 is 19.0 Å². The second kappa shape index (κ2) is 5.29. The number of carboxylic acid groups (broad SMARTS) is 1. The van der Waals surface area contributed by atoms with E-state index in [1.807, 2.05) is 0 Å². The summed E-state index contributed by atoms with van der Waals surface area (Å²) in [5.74, 6) is -1.16. The third-order valence-electron chi connectivity index (χ3n) is 2.02. The normalized spacial score (nSPS) is 16.6. The van der Waals surface area contributed by atoms with Crippen LogP contribution >= 0.6 is 15.0 Å². The van der Waals surface area contributed by atoms with Crippen LogP contribution in [0.15, 0.2) is 30.3 Å². The highest BCUT2D eigenvalue weighted by Gasteiger charge is 2.24. The van der Waals surface area contributed by atoms with Gasteiger partial charge in [0.2, 0.25) is 0 Å². The van der Waals surface area contributed by atoms with Crippen molar-refractivity contribution in [1.29, 1.82) is 0 Å². The second-order valence-electron chi connectivity index (χ2n) is 3.12. The Morgan fingerprint density at radius 3 is 2.27 bits per heavy atom. The molecule has 3 atom stereocenters. The fourth-order valence-electron chi connectivity index (χ4n) is 1.04. The molecule has 1 N–H and O–H groups in total. The van der Waals surface area contributed by atoms with Gasteiger partial charge in [-0.1, -0.05) is 30.3 Å². The van der Waals surface area contributed by atoms with Crippen LogP contribution in [0.2, 0.25) is 0 Å². The van der Waals surface area contributed by atoms with E-state index < -0.39 is 26.6 Å². The van der Waals surface area contributed by atoms with Crippen LogP contribution in [0.5, 0.6) is 0 Å². The quantitative estimate of drug-likeness (QED) is 0.822. The molecule has 15 heavy (non-hydrogen) atoms. The zero-order valence-corrected chi connectivity index (χ0v) is 10.1. The fourth-order valence-corrected chi connectivity index (χ4v) is 5.34. The van der Waals surface area contributed by atoms with Gasteiger partial charge in [0.1, 0.15) is 13.1 Å². The standard InChI is InChI=1S/C9H12O4P2/c1-7(9(10)11)14(12)15(13)8-5-3-2-4-6-8/h2-7,14-15H,1H3,(H,10,11). The molecule has 0 aromatic heterocycles. The third kappa shape index (κ3) is 3.05. The van der Waals surface area contributed by atoms with Crippen molar-refractivity contribution in [2.24, 2.45) is 0 Å². The van der Waals surface area contributed by atoms with Crippen LogP contribution in [-0.2, 0) is 13.9 Å². The van der Waals surface area contributed by atoms with Gasteiger partial charge in [0.15, 0.2) is 7.49 Å². The summed E-state index contributed by atoms with van der Waals surface area (Å²) in [4.78, 5) is 10.6. The maximum absolute atomic E-state index is 11.7.